The number of nitrogens with zero attached hydrogens (tertiary/aromatic N) is 1. The number of thiazole rings is 1. The smallest absolute Gasteiger partial charge is 0.154 e. The van der Waals surface area contributed by atoms with Crippen LogP contribution in [0.3, 0.4) is 0 Å². The van der Waals surface area contributed by atoms with Crippen LogP contribution < -0.4 is 0 Å². The van der Waals surface area contributed by atoms with E-state index in [0.717, 1.165) is 22.0 Å². The summed E-state index contributed by atoms with van der Waals surface area (Å²) in [5.41, 5.74) is 1.67. The summed E-state index contributed by atoms with van der Waals surface area (Å²) in [5.74, 6) is 1.45. The largest absolute Gasteiger partial charge is 0.454 e. The van der Waals surface area contributed by atoms with Gasteiger partial charge in [0, 0.05) is 16.0 Å². The standard InChI is InChI=1S/C14H9Cl2NOS/c1-8-17-12(7-19-8)14-5-4-13(18-14)10-3-2-9(15)6-11(10)16/h2-7H,1H3. The Morgan fingerprint density at radius 2 is 1.89 bits per heavy atom. The number of aryl methyl sites for hydroxylation is 1. The second-order valence-electron chi connectivity index (χ2n) is 4.04. The number of halogens is 2. The zero-order valence-corrected chi connectivity index (χ0v) is 12.3. The Balaban J connectivity index is 2.01. The molecule has 0 saturated carbocycles. The Morgan fingerprint density at radius 1 is 1.11 bits per heavy atom. The molecule has 0 saturated heterocycles. The molecule has 0 spiro atoms. The Morgan fingerprint density at radius 3 is 2.58 bits per heavy atom. The van der Waals surface area contributed by atoms with E-state index >= 15 is 0 Å². The van der Waals surface area contributed by atoms with Crippen LogP contribution in [-0.4, -0.2) is 4.98 Å². The molecule has 2 aromatic heterocycles. The third kappa shape index (κ3) is 2.54. The lowest BCUT2D eigenvalue weighted by atomic mass is 10.2. The molecule has 0 N–H and O–H groups in total. The Hall–Kier alpha value is -1.29. The molecule has 2 heterocycles. The molecule has 3 rings (SSSR count). The van der Waals surface area contributed by atoms with Crippen LogP contribution in [0.2, 0.25) is 10.0 Å². The Kier molecular flexibility index (Phi) is 3.35. The van der Waals surface area contributed by atoms with E-state index < -0.39 is 0 Å². The molecule has 0 aliphatic carbocycles. The van der Waals surface area contributed by atoms with E-state index in [0.29, 0.717) is 15.8 Å². The maximum Gasteiger partial charge on any atom is 0.154 e. The summed E-state index contributed by atoms with van der Waals surface area (Å²) >= 11 is 13.6. The molecule has 0 radical (unpaired) electrons. The first-order valence-electron chi connectivity index (χ1n) is 5.61. The maximum absolute atomic E-state index is 6.17. The summed E-state index contributed by atoms with van der Waals surface area (Å²) in [6.45, 7) is 1.97. The average molecular weight is 310 g/mol. The van der Waals surface area contributed by atoms with Crippen molar-refractivity contribution < 1.29 is 4.42 Å². The molecule has 96 valence electrons. The van der Waals surface area contributed by atoms with E-state index in [1.54, 1.807) is 23.5 Å². The van der Waals surface area contributed by atoms with Gasteiger partial charge >= 0.3 is 0 Å². The second kappa shape index (κ2) is 5.00. The zero-order valence-electron chi connectivity index (χ0n) is 9.98. The van der Waals surface area contributed by atoms with Gasteiger partial charge in [-0.15, -0.1) is 11.3 Å². The predicted molar refractivity (Wildman–Crippen MR) is 80.0 cm³/mol. The molecular weight excluding hydrogens is 301 g/mol. The van der Waals surface area contributed by atoms with Crippen molar-refractivity contribution in [2.24, 2.45) is 0 Å². The van der Waals surface area contributed by atoms with Gasteiger partial charge in [-0.3, -0.25) is 0 Å². The molecular formula is C14H9Cl2NOS. The summed E-state index contributed by atoms with van der Waals surface area (Å²) in [7, 11) is 0. The molecule has 5 heteroatoms. The van der Waals surface area contributed by atoms with Gasteiger partial charge in [0.05, 0.1) is 10.0 Å². The van der Waals surface area contributed by atoms with Crippen LogP contribution in [0.1, 0.15) is 5.01 Å². The summed E-state index contributed by atoms with van der Waals surface area (Å²) in [6.07, 6.45) is 0. The number of furan rings is 1. The maximum atomic E-state index is 6.17. The van der Waals surface area contributed by atoms with Gasteiger partial charge < -0.3 is 4.42 Å². The summed E-state index contributed by atoms with van der Waals surface area (Å²) < 4.78 is 5.81. The van der Waals surface area contributed by atoms with E-state index in [-0.39, 0.29) is 0 Å². The quantitative estimate of drug-likeness (QED) is 0.608. The van der Waals surface area contributed by atoms with Gasteiger partial charge in [0.15, 0.2) is 5.76 Å². The van der Waals surface area contributed by atoms with Crippen molar-refractivity contribution in [2.75, 3.05) is 0 Å². The fourth-order valence-corrected chi connectivity index (χ4v) is 2.89. The molecule has 3 aromatic rings. The number of benzene rings is 1. The second-order valence-corrected chi connectivity index (χ2v) is 5.95. The van der Waals surface area contributed by atoms with Crippen LogP contribution in [0, 0.1) is 6.92 Å². The van der Waals surface area contributed by atoms with Gasteiger partial charge in [0.2, 0.25) is 0 Å². The van der Waals surface area contributed by atoms with Crippen molar-refractivity contribution >= 4 is 34.5 Å². The predicted octanol–water partition coefficient (Wildman–Crippen LogP) is 5.69. The molecule has 0 unspecified atom stereocenters. The lowest BCUT2D eigenvalue weighted by Crippen LogP contribution is -1.76. The molecule has 0 atom stereocenters. The van der Waals surface area contributed by atoms with Gasteiger partial charge in [-0.2, -0.15) is 0 Å². The fraction of sp³-hybridized carbons (Fsp3) is 0.0714. The highest BCUT2D eigenvalue weighted by Gasteiger charge is 2.11. The number of hydrogen-bond acceptors (Lipinski definition) is 3. The summed E-state index contributed by atoms with van der Waals surface area (Å²) in [6, 6.07) is 9.12. The van der Waals surface area contributed by atoms with Crippen molar-refractivity contribution in [2.45, 2.75) is 6.92 Å². The van der Waals surface area contributed by atoms with E-state index in [2.05, 4.69) is 4.98 Å². The van der Waals surface area contributed by atoms with Gasteiger partial charge in [0.25, 0.3) is 0 Å². The van der Waals surface area contributed by atoms with Crippen molar-refractivity contribution in [1.29, 1.82) is 0 Å². The molecule has 1 aromatic carbocycles. The van der Waals surface area contributed by atoms with E-state index in [4.69, 9.17) is 27.6 Å². The van der Waals surface area contributed by atoms with Gasteiger partial charge in [-0.25, -0.2) is 4.98 Å². The third-order valence-corrected chi connectivity index (χ3v) is 4.00. The summed E-state index contributed by atoms with van der Waals surface area (Å²) in [5, 5.41) is 4.16. The topological polar surface area (TPSA) is 26.0 Å². The first-order chi connectivity index (χ1) is 9.13. The van der Waals surface area contributed by atoms with Crippen LogP contribution in [-0.2, 0) is 0 Å². The average Bonchev–Trinajstić information content (AvgIpc) is 2.97. The zero-order chi connectivity index (χ0) is 13.4. The number of rotatable bonds is 2. The van der Waals surface area contributed by atoms with Gasteiger partial charge in [-0.05, 0) is 37.3 Å². The molecule has 0 fully saturated rings. The van der Waals surface area contributed by atoms with Crippen LogP contribution in [0.15, 0.2) is 40.1 Å². The van der Waals surface area contributed by atoms with Gasteiger partial charge in [-0.1, -0.05) is 23.2 Å². The third-order valence-electron chi connectivity index (χ3n) is 2.67. The van der Waals surface area contributed by atoms with Crippen molar-refractivity contribution in [3.05, 3.63) is 50.8 Å². The Bertz CT molecular complexity index is 733. The summed E-state index contributed by atoms with van der Waals surface area (Å²) in [4.78, 5) is 4.40. The first-order valence-corrected chi connectivity index (χ1v) is 7.25. The highest BCUT2D eigenvalue weighted by Crippen LogP contribution is 2.34. The molecule has 0 amide bonds. The minimum Gasteiger partial charge on any atom is -0.454 e. The number of hydrogen-bond donors (Lipinski definition) is 0. The van der Waals surface area contributed by atoms with E-state index in [1.165, 1.54) is 0 Å². The SMILES string of the molecule is Cc1nc(-c2ccc(-c3ccc(Cl)cc3Cl)o2)cs1. The minimum atomic E-state index is 0.572. The van der Waals surface area contributed by atoms with Crippen LogP contribution in [0.25, 0.3) is 22.8 Å². The van der Waals surface area contributed by atoms with E-state index in [1.807, 2.05) is 30.5 Å². The number of aromatic nitrogens is 1. The normalized spacial score (nSPS) is 10.9. The van der Waals surface area contributed by atoms with Gasteiger partial charge in [0.1, 0.15) is 11.5 Å². The van der Waals surface area contributed by atoms with Crippen LogP contribution >= 0.6 is 34.5 Å². The molecule has 0 aliphatic heterocycles. The fourth-order valence-electron chi connectivity index (χ4n) is 1.79. The highest BCUT2D eigenvalue weighted by atomic mass is 35.5. The monoisotopic (exact) mass is 309 g/mol. The van der Waals surface area contributed by atoms with E-state index in [9.17, 15) is 0 Å². The van der Waals surface area contributed by atoms with Crippen molar-refractivity contribution in [3.8, 4) is 22.8 Å². The lowest BCUT2D eigenvalue weighted by Gasteiger charge is -2.01. The molecule has 0 aliphatic rings. The van der Waals surface area contributed by atoms with Crippen LogP contribution in [0.5, 0.6) is 0 Å². The molecule has 19 heavy (non-hydrogen) atoms. The lowest BCUT2D eigenvalue weighted by molar-refractivity contribution is 0.595. The Labute approximate surface area is 124 Å². The highest BCUT2D eigenvalue weighted by molar-refractivity contribution is 7.09. The molecule has 0 bridgehead atoms. The van der Waals surface area contributed by atoms with Crippen molar-refractivity contribution in [3.63, 3.8) is 0 Å². The van der Waals surface area contributed by atoms with Crippen LogP contribution in [0.4, 0.5) is 0 Å². The minimum absolute atomic E-state index is 0.572. The molecule has 2 nitrogen and oxygen atoms in total. The first kappa shape index (κ1) is 12.7. The van der Waals surface area contributed by atoms with Crippen molar-refractivity contribution in [1.82, 2.24) is 4.98 Å².